The first-order valence-electron chi connectivity index (χ1n) is 10.8. The van der Waals surface area contributed by atoms with Crippen molar-refractivity contribution in [1.29, 1.82) is 0 Å². The fourth-order valence-corrected chi connectivity index (χ4v) is 6.01. The smallest absolute Gasteiger partial charge is 0.263 e. The molecule has 0 unspecified atom stereocenters. The van der Waals surface area contributed by atoms with E-state index in [4.69, 9.17) is 27.9 Å². The number of anilines is 3. The lowest BCUT2D eigenvalue weighted by molar-refractivity contribution is 0.0985. The van der Waals surface area contributed by atoms with Gasteiger partial charge in [-0.3, -0.25) is 9.69 Å². The summed E-state index contributed by atoms with van der Waals surface area (Å²) in [7, 11) is 1.68. The summed E-state index contributed by atoms with van der Waals surface area (Å²) in [5, 5.41) is 8.27. The highest BCUT2D eigenvalue weighted by molar-refractivity contribution is 7.99. The molecule has 0 atom stereocenters. The lowest BCUT2D eigenvalue weighted by atomic mass is 9.84. The van der Waals surface area contributed by atoms with Gasteiger partial charge in [-0.15, -0.1) is 0 Å². The summed E-state index contributed by atoms with van der Waals surface area (Å²) in [6, 6.07) is 9.24. The van der Waals surface area contributed by atoms with Gasteiger partial charge in [-0.25, -0.2) is 9.97 Å². The third kappa shape index (κ3) is 4.09. The van der Waals surface area contributed by atoms with Gasteiger partial charge >= 0.3 is 0 Å². The van der Waals surface area contributed by atoms with Crippen molar-refractivity contribution in [2.75, 3.05) is 29.7 Å². The third-order valence-corrected chi connectivity index (χ3v) is 7.60. The number of para-hydroxylation sites is 1. The molecular weight excluding hydrogens is 493 g/mol. The monoisotopic (exact) mass is 515 g/mol. The number of nitrogens with one attached hydrogen (secondary N) is 2. The molecule has 0 fully saturated rings. The molecule has 176 valence electrons. The van der Waals surface area contributed by atoms with Gasteiger partial charge in [-0.2, -0.15) is 0 Å². The van der Waals surface area contributed by atoms with Crippen LogP contribution >= 0.6 is 35.0 Å². The minimum absolute atomic E-state index is 0.173. The predicted molar refractivity (Wildman–Crippen MR) is 137 cm³/mol. The molecule has 0 saturated heterocycles. The Morgan fingerprint density at radius 1 is 1.24 bits per heavy atom. The number of hydrogen-bond acceptors (Lipinski definition) is 7. The molecule has 0 saturated carbocycles. The van der Waals surface area contributed by atoms with Crippen LogP contribution < -0.4 is 20.3 Å². The van der Waals surface area contributed by atoms with Gasteiger partial charge < -0.3 is 15.4 Å². The number of aromatic nitrogens is 2. The van der Waals surface area contributed by atoms with Crippen LogP contribution in [0.1, 0.15) is 35.3 Å². The number of thioether (sulfide) groups is 1. The second kappa shape index (κ2) is 8.92. The summed E-state index contributed by atoms with van der Waals surface area (Å²) < 4.78 is 5.71. The van der Waals surface area contributed by atoms with Crippen LogP contribution in [0, 0.1) is 0 Å². The number of fused-ring (bicyclic) bond motifs is 2. The van der Waals surface area contributed by atoms with E-state index in [2.05, 4.69) is 40.5 Å². The molecule has 2 N–H and O–H groups in total. The highest BCUT2D eigenvalue weighted by Crippen LogP contribution is 2.41. The van der Waals surface area contributed by atoms with Crippen LogP contribution in [0.2, 0.25) is 10.0 Å². The number of carbonyl (C=O) groups excluding carboxylic acids is 1. The molecule has 10 heteroatoms. The molecule has 2 aromatic carbocycles. The van der Waals surface area contributed by atoms with Gasteiger partial charge in [0.1, 0.15) is 10.8 Å². The van der Waals surface area contributed by atoms with Gasteiger partial charge in [0.05, 0.1) is 34.3 Å². The van der Waals surface area contributed by atoms with Gasteiger partial charge in [0.2, 0.25) is 5.95 Å². The van der Waals surface area contributed by atoms with Crippen molar-refractivity contribution in [2.45, 2.75) is 30.8 Å². The van der Waals surface area contributed by atoms with E-state index in [9.17, 15) is 4.79 Å². The fraction of sp³-hybridized carbons (Fsp3) is 0.292. The summed E-state index contributed by atoms with van der Waals surface area (Å²) in [4.78, 5) is 23.7. The maximum atomic E-state index is 13.2. The Balaban J connectivity index is 1.43. The second-order valence-corrected chi connectivity index (χ2v) is 10.4. The zero-order chi connectivity index (χ0) is 24.0. The number of halogens is 2. The van der Waals surface area contributed by atoms with Gasteiger partial charge in [0, 0.05) is 29.1 Å². The number of hydrogen-bond donors (Lipinski definition) is 2. The molecule has 3 heterocycles. The Kier molecular flexibility index (Phi) is 6.10. The second-order valence-electron chi connectivity index (χ2n) is 8.63. The topological polar surface area (TPSA) is 79.4 Å². The number of methoxy groups -OCH3 is 1. The highest BCUT2D eigenvalue weighted by atomic mass is 35.5. The number of ether oxygens (including phenoxy) is 1. The maximum Gasteiger partial charge on any atom is 0.263 e. The number of benzene rings is 2. The number of amides is 1. The standard InChI is InChI=1S/C24H23Cl2N5O2S/c1-24(2)19-13(7-8-28-24)9-14(10-18(19)33-3)29-23-27-11-15-21(30-23)34-12-31(22(15)32)20-16(25)5-4-6-17(20)26/h4-6,9-11,28H,7-8,12H2,1-3H3,(H,27,29,30). The van der Waals surface area contributed by atoms with E-state index >= 15 is 0 Å². The van der Waals surface area contributed by atoms with E-state index in [1.165, 1.54) is 17.3 Å². The van der Waals surface area contributed by atoms with Crippen LogP contribution in [-0.4, -0.2) is 35.4 Å². The normalized spacial score (nSPS) is 16.6. The number of rotatable bonds is 4. The van der Waals surface area contributed by atoms with Crippen LogP contribution in [0.15, 0.2) is 41.6 Å². The van der Waals surface area contributed by atoms with E-state index < -0.39 is 0 Å². The van der Waals surface area contributed by atoms with Crippen molar-refractivity contribution in [3.05, 3.63) is 63.3 Å². The van der Waals surface area contributed by atoms with E-state index in [1.807, 2.05) is 6.07 Å². The summed E-state index contributed by atoms with van der Waals surface area (Å²) in [5.41, 5.74) is 3.96. The molecule has 2 aliphatic heterocycles. The Morgan fingerprint density at radius 2 is 2.00 bits per heavy atom. The van der Waals surface area contributed by atoms with Crippen LogP contribution in [0.3, 0.4) is 0 Å². The van der Waals surface area contributed by atoms with Crippen molar-refractivity contribution >= 4 is 58.2 Å². The first-order chi connectivity index (χ1) is 16.3. The average molecular weight is 516 g/mol. The summed E-state index contributed by atoms with van der Waals surface area (Å²) in [5.74, 6) is 1.34. The quantitative estimate of drug-likeness (QED) is 0.436. The largest absolute Gasteiger partial charge is 0.496 e. The molecule has 1 aromatic heterocycles. The summed E-state index contributed by atoms with van der Waals surface area (Å²) in [6.07, 6.45) is 2.44. The average Bonchev–Trinajstić information content (AvgIpc) is 2.79. The third-order valence-electron chi connectivity index (χ3n) is 6.01. The molecule has 0 aliphatic carbocycles. The van der Waals surface area contributed by atoms with Crippen LogP contribution in [-0.2, 0) is 12.0 Å². The van der Waals surface area contributed by atoms with Crippen molar-refractivity contribution < 1.29 is 9.53 Å². The molecule has 2 aliphatic rings. The maximum absolute atomic E-state index is 13.2. The minimum atomic E-state index is -0.236. The molecule has 3 aromatic rings. The molecule has 1 amide bonds. The van der Waals surface area contributed by atoms with Crippen molar-refractivity contribution in [3.8, 4) is 5.75 Å². The Morgan fingerprint density at radius 3 is 2.74 bits per heavy atom. The van der Waals surface area contributed by atoms with Crippen molar-refractivity contribution in [2.24, 2.45) is 0 Å². The molecule has 0 spiro atoms. The van der Waals surface area contributed by atoms with E-state index in [1.54, 1.807) is 36.4 Å². The Bertz CT molecular complexity index is 1260. The SMILES string of the molecule is COc1cc(Nc2ncc3c(n2)SCN(c2c(Cl)cccc2Cl)C3=O)cc2c1C(C)(C)NCC2. The van der Waals surface area contributed by atoms with Crippen LogP contribution in [0.5, 0.6) is 5.75 Å². The highest BCUT2D eigenvalue weighted by Gasteiger charge is 2.32. The molecular formula is C24H23Cl2N5O2S. The first kappa shape index (κ1) is 23.2. The Hall–Kier alpha value is -2.52. The summed E-state index contributed by atoms with van der Waals surface area (Å²) in [6.45, 7) is 5.20. The van der Waals surface area contributed by atoms with E-state index in [0.717, 1.165) is 30.0 Å². The predicted octanol–water partition coefficient (Wildman–Crippen LogP) is 5.63. The van der Waals surface area contributed by atoms with Crippen molar-refractivity contribution in [3.63, 3.8) is 0 Å². The molecule has 0 radical (unpaired) electrons. The van der Waals surface area contributed by atoms with Gasteiger partial charge in [-0.1, -0.05) is 41.0 Å². The first-order valence-corrected chi connectivity index (χ1v) is 12.5. The zero-order valence-electron chi connectivity index (χ0n) is 18.9. The minimum Gasteiger partial charge on any atom is -0.496 e. The van der Waals surface area contributed by atoms with Gasteiger partial charge in [-0.05, 0) is 50.6 Å². The van der Waals surface area contributed by atoms with Crippen LogP contribution in [0.25, 0.3) is 0 Å². The number of carbonyl (C=O) groups is 1. The fourth-order valence-electron chi connectivity index (χ4n) is 4.47. The lowest BCUT2D eigenvalue weighted by Gasteiger charge is -2.35. The van der Waals surface area contributed by atoms with Crippen molar-refractivity contribution in [1.82, 2.24) is 15.3 Å². The zero-order valence-corrected chi connectivity index (χ0v) is 21.2. The van der Waals surface area contributed by atoms with Crippen LogP contribution in [0.4, 0.5) is 17.3 Å². The molecule has 7 nitrogen and oxygen atoms in total. The van der Waals surface area contributed by atoms with E-state index in [0.29, 0.717) is 38.1 Å². The summed E-state index contributed by atoms with van der Waals surface area (Å²) >= 11 is 14.1. The molecule has 5 rings (SSSR count). The lowest BCUT2D eigenvalue weighted by Crippen LogP contribution is -2.42. The van der Waals surface area contributed by atoms with Gasteiger partial charge in [0.15, 0.2) is 0 Å². The van der Waals surface area contributed by atoms with Gasteiger partial charge in [0.25, 0.3) is 5.91 Å². The molecule has 0 bridgehead atoms. The Labute approximate surface area is 212 Å². The number of nitrogens with zero attached hydrogens (tertiary/aromatic N) is 3. The van der Waals surface area contributed by atoms with E-state index in [-0.39, 0.29) is 11.4 Å². The molecule has 34 heavy (non-hydrogen) atoms.